The number of rotatable bonds is 3. The fourth-order valence-corrected chi connectivity index (χ4v) is 8.16. The van der Waals surface area contributed by atoms with E-state index in [0.29, 0.717) is 42.3 Å². The van der Waals surface area contributed by atoms with Crippen LogP contribution in [0.5, 0.6) is 0 Å². The minimum Gasteiger partial charge on any atom is -0.271 e. The van der Waals surface area contributed by atoms with E-state index in [-0.39, 0.29) is 30.2 Å². The van der Waals surface area contributed by atoms with Crippen molar-refractivity contribution in [3.8, 4) is 16.1 Å². The second-order valence-corrected chi connectivity index (χ2v) is 12.4. The molecule has 0 saturated carbocycles. The maximum atomic E-state index is 14.2. The Morgan fingerprint density at radius 1 is 1.05 bits per heavy atom. The molecule has 0 N–H and O–H groups in total. The number of hydrogen-bond acceptors (Lipinski definition) is 7. The molecule has 0 bridgehead atoms. The minimum absolute atomic E-state index is 0.0376. The van der Waals surface area contributed by atoms with Gasteiger partial charge in [-0.1, -0.05) is 48.0 Å². The Hall–Kier alpha value is -3.06. The highest BCUT2D eigenvalue weighted by atomic mass is 35.5. The van der Waals surface area contributed by atoms with E-state index in [1.54, 1.807) is 54.0 Å². The Morgan fingerprint density at radius 3 is 2.50 bits per heavy atom. The summed E-state index contributed by atoms with van der Waals surface area (Å²) < 4.78 is 70.0. The lowest BCUT2D eigenvalue weighted by Gasteiger charge is -2.28. The third-order valence-corrected chi connectivity index (χ3v) is 10.1. The molecular weight excluding hydrogens is 559 g/mol. The van der Waals surface area contributed by atoms with Crippen LogP contribution in [0.4, 0.5) is 13.2 Å². The van der Waals surface area contributed by atoms with E-state index in [1.807, 2.05) is 0 Å². The quantitative estimate of drug-likeness (QED) is 0.290. The molecule has 38 heavy (non-hydrogen) atoms. The van der Waals surface area contributed by atoms with Crippen LogP contribution in [-0.2, 0) is 22.8 Å². The SMILES string of the molecule is Cc1nnc2n1-c1sc3c(c1C=NC2S(=O)(=O)c1ccccc1-c1ccccc1Cl)CCN(C(F)(F)F)C3. The summed E-state index contributed by atoms with van der Waals surface area (Å²) >= 11 is 7.59. The number of hydrogen-bond donors (Lipinski definition) is 0. The number of halogens is 4. The molecular formula is C25H19ClF3N5O2S2. The summed E-state index contributed by atoms with van der Waals surface area (Å²) in [5.74, 6) is 0.496. The standard InChI is InChI=1S/C25H19ClF3N5O2S2/c1-14-31-32-22-23(38(35,36)21-9-5-3-7-17(21)15-6-2-4-8-19(15)26)30-12-18-16-10-11-33(25(27,28)29)13-20(16)37-24(18)34(14)22/h2-9,12,23H,10-11,13H2,1H3. The molecule has 0 spiro atoms. The first-order chi connectivity index (χ1) is 18.1. The molecule has 1 atom stereocenters. The summed E-state index contributed by atoms with van der Waals surface area (Å²) in [4.78, 5) is 5.55. The summed E-state index contributed by atoms with van der Waals surface area (Å²) in [5.41, 5.74) is 2.33. The van der Waals surface area contributed by atoms with E-state index in [2.05, 4.69) is 15.2 Å². The summed E-state index contributed by atoms with van der Waals surface area (Å²) in [6.45, 7) is 1.22. The normalized spacial score (nSPS) is 17.6. The molecule has 6 rings (SSSR count). The molecule has 2 aliphatic heterocycles. The Morgan fingerprint density at radius 2 is 1.76 bits per heavy atom. The van der Waals surface area contributed by atoms with Crippen molar-refractivity contribution in [2.24, 2.45) is 4.99 Å². The second kappa shape index (κ2) is 9.01. The number of thiophene rings is 1. The maximum Gasteiger partial charge on any atom is 0.460 e. The number of nitrogens with zero attached hydrogens (tertiary/aromatic N) is 5. The molecule has 0 fully saturated rings. The smallest absolute Gasteiger partial charge is 0.271 e. The molecule has 7 nitrogen and oxygen atoms in total. The third kappa shape index (κ3) is 3.98. The first kappa shape index (κ1) is 25.2. The van der Waals surface area contributed by atoms with E-state index in [0.717, 1.165) is 5.56 Å². The lowest BCUT2D eigenvalue weighted by molar-refractivity contribution is -0.250. The van der Waals surface area contributed by atoms with Gasteiger partial charge in [0, 0.05) is 45.9 Å². The molecule has 196 valence electrons. The van der Waals surface area contributed by atoms with Crippen LogP contribution < -0.4 is 0 Å². The van der Waals surface area contributed by atoms with Gasteiger partial charge in [-0.3, -0.25) is 9.56 Å². The maximum absolute atomic E-state index is 14.2. The van der Waals surface area contributed by atoms with Gasteiger partial charge in [-0.25, -0.2) is 13.3 Å². The molecule has 2 aromatic carbocycles. The van der Waals surface area contributed by atoms with Gasteiger partial charge in [0.15, 0.2) is 5.82 Å². The lowest BCUT2D eigenvalue weighted by Crippen LogP contribution is -2.41. The van der Waals surface area contributed by atoms with Gasteiger partial charge in [0.25, 0.3) is 0 Å². The largest absolute Gasteiger partial charge is 0.460 e. The van der Waals surface area contributed by atoms with Gasteiger partial charge in [-0.05, 0) is 31.0 Å². The Kier molecular flexibility index (Phi) is 5.98. The number of alkyl halides is 3. The van der Waals surface area contributed by atoms with Crippen LogP contribution in [0, 0.1) is 6.92 Å². The number of aromatic nitrogens is 3. The van der Waals surface area contributed by atoms with Crippen molar-refractivity contribution in [3.05, 3.63) is 81.2 Å². The van der Waals surface area contributed by atoms with Crippen LogP contribution in [0.15, 0.2) is 58.4 Å². The fraction of sp³-hybridized carbons (Fsp3) is 0.240. The highest BCUT2D eigenvalue weighted by Gasteiger charge is 2.42. The predicted molar refractivity (Wildman–Crippen MR) is 139 cm³/mol. The van der Waals surface area contributed by atoms with Gasteiger partial charge in [0.2, 0.25) is 15.2 Å². The third-order valence-electron chi connectivity index (χ3n) is 6.70. The van der Waals surface area contributed by atoms with E-state index < -0.39 is 21.5 Å². The van der Waals surface area contributed by atoms with Crippen molar-refractivity contribution in [1.82, 2.24) is 19.7 Å². The highest BCUT2D eigenvalue weighted by Crippen LogP contribution is 2.43. The van der Waals surface area contributed by atoms with Gasteiger partial charge >= 0.3 is 6.30 Å². The zero-order valence-electron chi connectivity index (χ0n) is 19.8. The average Bonchev–Trinajstić information content (AvgIpc) is 3.38. The van der Waals surface area contributed by atoms with Gasteiger partial charge in [0.1, 0.15) is 10.8 Å². The molecule has 1 unspecified atom stereocenters. The predicted octanol–water partition coefficient (Wildman–Crippen LogP) is 5.74. The van der Waals surface area contributed by atoms with Gasteiger partial charge in [-0.15, -0.1) is 21.5 Å². The Bertz CT molecular complexity index is 1710. The van der Waals surface area contributed by atoms with Crippen molar-refractivity contribution in [3.63, 3.8) is 0 Å². The Balaban J connectivity index is 1.49. The zero-order valence-corrected chi connectivity index (χ0v) is 22.2. The summed E-state index contributed by atoms with van der Waals surface area (Å²) in [5, 5.41) is 7.85. The van der Waals surface area contributed by atoms with Crippen LogP contribution in [0.3, 0.4) is 0 Å². The number of aryl methyl sites for hydroxylation is 1. The van der Waals surface area contributed by atoms with Crippen molar-refractivity contribution in [2.75, 3.05) is 6.54 Å². The van der Waals surface area contributed by atoms with Crippen molar-refractivity contribution in [2.45, 2.75) is 36.5 Å². The number of benzene rings is 2. The van der Waals surface area contributed by atoms with Crippen LogP contribution in [0.25, 0.3) is 16.1 Å². The van der Waals surface area contributed by atoms with Gasteiger partial charge < -0.3 is 0 Å². The molecule has 0 radical (unpaired) electrons. The summed E-state index contributed by atoms with van der Waals surface area (Å²) in [6.07, 6.45) is -2.81. The van der Waals surface area contributed by atoms with Crippen molar-refractivity contribution < 1.29 is 21.6 Å². The van der Waals surface area contributed by atoms with Gasteiger partial charge in [0.05, 0.1) is 4.90 Å². The molecule has 4 heterocycles. The molecule has 0 aliphatic carbocycles. The number of aliphatic imine (C=N–C) groups is 1. The monoisotopic (exact) mass is 577 g/mol. The van der Waals surface area contributed by atoms with E-state index in [9.17, 15) is 21.6 Å². The number of sulfone groups is 1. The summed E-state index contributed by atoms with van der Waals surface area (Å²) in [6, 6.07) is 13.5. The van der Waals surface area contributed by atoms with Crippen molar-refractivity contribution >= 4 is 39.0 Å². The average molecular weight is 578 g/mol. The number of fused-ring (bicyclic) bond motifs is 5. The van der Waals surface area contributed by atoms with Crippen molar-refractivity contribution in [1.29, 1.82) is 0 Å². The molecule has 13 heteroatoms. The van der Waals surface area contributed by atoms with Crippen LogP contribution >= 0.6 is 22.9 Å². The molecule has 0 saturated heterocycles. The second-order valence-electron chi connectivity index (χ2n) is 8.95. The first-order valence-corrected chi connectivity index (χ1v) is 14.3. The topological polar surface area (TPSA) is 80.5 Å². The van der Waals surface area contributed by atoms with Gasteiger partial charge in [-0.2, -0.15) is 13.2 Å². The fourth-order valence-electron chi connectivity index (χ4n) is 4.88. The Labute approximate surface area is 225 Å². The molecule has 2 aliphatic rings. The van der Waals surface area contributed by atoms with E-state index in [1.165, 1.54) is 23.6 Å². The first-order valence-electron chi connectivity index (χ1n) is 11.6. The highest BCUT2D eigenvalue weighted by molar-refractivity contribution is 7.91. The summed E-state index contributed by atoms with van der Waals surface area (Å²) in [7, 11) is -4.16. The zero-order chi connectivity index (χ0) is 26.8. The lowest BCUT2D eigenvalue weighted by atomic mass is 10.0. The molecule has 0 amide bonds. The van der Waals surface area contributed by atoms with Crippen LogP contribution in [-0.4, -0.2) is 47.1 Å². The minimum atomic E-state index is -4.43. The van der Waals surface area contributed by atoms with Crippen LogP contribution in [0.2, 0.25) is 5.02 Å². The molecule has 4 aromatic rings. The van der Waals surface area contributed by atoms with E-state index in [4.69, 9.17) is 11.6 Å². The molecule has 2 aromatic heterocycles. The van der Waals surface area contributed by atoms with Crippen LogP contribution in [0.1, 0.15) is 33.0 Å². The van der Waals surface area contributed by atoms with E-state index >= 15 is 0 Å².